The molecule has 0 bridgehead atoms. The topological polar surface area (TPSA) is 76.5 Å². The molecule has 0 fully saturated rings. The van der Waals surface area contributed by atoms with E-state index in [-0.39, 0.29) is 16.1 Å². The molecule has 2 aromatic rings. The Kier molecular flexibility index (Phi) is 4.00. The Hall–Kier alpha value is -2.40. The van der Waals surface area contributed by atoms with Crippen molar-refractivity contribution in [2.24, 2.45) is 0 Å². The molecule has 0 radical (unpaired) electrons. The lowest BCUT2D eigenvalue weighted by Crippen LogP contribution is -2.04. The first-order valence-electron chi connectivity index (χ1n) is 5.60. The maximum Gasteiger partial charge on any atom is 0.339 e. The van der Waals surface area contributed by atoms with E-state index >= 15 is 0 Å². The first-order chi connectivity index (χ1) is 9.54. The molecule has 2 rings (SSSR count). The predicted octanol–water partition coefficient (Wildman–Crippen LogP) is 2.89. The molecule has 0 atom stereocenters. The maximum absolute atomic E-state index is 11.6. The van der Waals surface area contributed by atoms with Crippen molar-refractivity contribution in [3.8, 4) is 11.1 Å². The van der Waals surface area contributed by atoms with E-state index in [0.29, 0.717) is 11.1 Å². The molecule has 1 heterocycles. The van der Waals surface area contributed by atoms with E-state index in [2.05, 4.69) is 9.72 Å². The molecular weight excluding hydrogens is 282 g/mol. The van der Waals surface area contributed by atoms with Crippen LogP contribution in [0.25, 0.3) is 11.1 Å². The number of methoxy groups -OCH3 is 1. The van der Waals surface area contributed by atoms with Gasteiger partial charge in [0, 0.05) is 18.0 Å². The number of benzene rings is 1. The molecular formula is C14H10ClNO4. The summed E-state index contributed by atoms with van der Waals surface area (Å²) in [7, 11) is 1.25. The summed E-state index contributed by atoms with van der Waals surface area (Å²) in [5.41, 5.74) is 1.20. The number of rotatable bonds is 3. The Morgan fingerprint density at radius 1 is 1.25 bits per heavy atom. The fourth-order valence-electron chi connectivity index (χ4n) is 1.77. The standard InChI is InChI=1S/C14H10ClNO4/c1-20-14(19)10-6-8(2-3-12(10)15)11-7-16-5-4-9(11)13(17)18/h2-7H,1H3,(H,17,18). The maximum atomic E-state index is 11.6. The Bertz CT molecular complexity index is 685. The van der Waals surface area contributed by atoms with Crippen LogP contribution in [-0.4, -0.2) is 29.1 Å². The van der Waals surface area contributed by atoms with Crippen LogP contribution < -0.4 is 0 Å². The van der Waals surface area contributed by atoms with Crippen LogP contribution in [0.3, 0.4) is 0 Å². The number of nitrogens with zero attached hydrogens (tertiary/aromatic N) is 1. The van der Waals surface area contributed by atoms with Crippen molar-refractivity contribution in [3.63, 3.8) is 0 Å². The Balaban J connectivity index is 2.60. The van der Waals surface area contributed by atoms with Gasteiger partial charge >= 0.3 is 11.9 Å². The van der Waals surface area contributed by atoms with Crippen molar-refractivity contribution in [3.05, 3.63) is 52.8 Å². The summed E-state index contributed by atoms with van der Waals surface area (Å²) in [6, 6.07) is 6.02. The largest absolute Gasteiger partial charge is 0.478 e. The number of halogens is 1. The smallest absolute Gasteiger partial charge is 0.339 e. The van der Waals surface area contributed by atoms with Crippen LogP contribution in [0.15, 0.2) is 36.7 Å². The molecule has 0 saturated heterocycles. The molecule has 0 aliphatic heterocycles. The lowest BCUT2D eigenvalue weighted by molar-refractivity contribution is 0.0600. The van der Waals surface area contributed by atoms with Gasteiger partial charge in [0.05, 0.1) is 23.3 Å². The molecule has 1 aromatic carbocycles. The van der Waals surface area contributed by atoms with Crippen LogP contribution in [0.5, 0.6) is 0 Å². The lowest BCUT2D eigenvalue weighted by Gasteiger charge is -2.08. The summed E-state index contributed by atoms with van der Waals surface area (Å²) in [6.07, 6.45) is 2.82. The molecule has 0 aliphatic rings. The zero-order valence-electron chi connectivity index (χ0n) is 10.5. The van der Waals surface area contributed by atoms with Crippen molar-refractivity contribution in [2.45, 2.75) is 0 Å². The van der Waals surface area contributed by atoms with Crippen LogP contribution in [0.2, 0.25) is 5.02 Å². The number of aromatic nitrogens is 1. The molecule has 102 valence electrons. The second-order valence-corrected chi connectivity index (χ2v) is 4.32. The normalized spacial score (nSPS) is 10.1. The summed E-state index contributed by atoms with van der Waals surface area (Å²) in [5.74, 6) is -1.66. The monoisotopic (exact) mass is 291 g/mol. The van der Waals surface area contributed by atoms with Crippen LogP contribution in [0.4, 0.5) is 0 Å². The van der Waals surface area contributed by atoms with E-state index in [1.165, 1.54) is 37.7 Å². The van der Waals surface area contributed by atoms with Crippen LogP contribution in [0.1, 0.15) is 20.7 Å². The zero-order chi connectivity index (χ0) is 14.7. The average Bonchev–Trinajstić information content (AvgIpc) is 2.47. The molecule has 0 spiro atoms. The number of carboxylic acid groups (broad SMARTS) is 1. The third-order valence-corrected chi connectivity index (χ3v) is 3.06. The van der Waals surface area contributed by atoms with Crippen molar-refractivity contribution in [1.29, 1.82) is 0 Å². The van der Waals surface area contributed by atoms with Crippen LogP contribution in [-0.2, 0) is 4.74 Å². The Labute approximate surface area is 119 Å². The quantitative estimate of drug-likeness (QED) is 0.880. The lowest BCUT2D eigenvalue weighted by atomic mass is 10.00. The van der Waals surface area contributed by atoms with E-state index in [1.54, 1.807) is 6.07 Å². The molecule has 0 unspecified atom stereocenters. The fourth-order valence-corrected chi connectivity index (χ4v) is 1.96. The van der Waals surface area contributed by atoms with E-state index in [1.807, 2.05) is 0 Å². The van der Waals surface area contributed by atoms with Gasteiger partial charge in [-0.2, -0.15) is 0 Å². The number of hydrogen-bond donors (Lipinski definition) is 1. The molecule has 20 heavy (non-hydrogen) atoms. The first-order valence-corrected chi connectivity index (χ1v) is 5.98. The highest BCUT2D eigenvalue weighted by molar-refractivity contribution is 6.33. The second kappa shape index (κ2) is 5.71. The van der Waals surface area contributed by atoms with Gasteiger partial charge in [0.15, 0.2) is 0 Å². The van der Waals surface area contributed by atoms with Gasteiger partial charge in [-0.25, -0.2) is 9.59 Å². The van der Waals surface area contributed by atoms with Gasteiger partial charge in [0.25, 0.3) is 0 Å². The number of hydrogen-bond acceptors (Lipinski definition) is 4. The van der Waals surface area contributed by atoms with E-state index in [4.69, 9.17) is 16.7 Å². The van der Waals surface area contributed by atoms with Gasteiger partial charge in [-0.1, -0.05) is 17.7 Å². The van der Waals surface area contributed by atoms with E-state index < -0.39 is 11.9 Å². The highest BCUT2D eigenvalue weighted by Gasteiger charge is 2.16. The Morgan fingerprint density at radius 2 is 2.00 bits per heavy atom. The number of carbonyl (C=O) groups excluding carboxylic acids is 1. The number of aromatic carboxylic acids is 1. The van der Waals surface area contributed by atoms with E-state index in [9.17, 15) is 9.59 Å². The SMILES string of the molecule is COC(=O)c1cc(-c2cnccc2C(=O)O)ccc1Cl. The van der Waals surface area contributed by atoms with Gasteiger partial charge in [-0.3, -0.25) is 4.98 Å². The zero-order valence-corrected chi connectivity index (χ0v) is 11.2. The number of ether oxygens (including phenoxy) is 1. The molecule has 5 nitrogen and oxygen atoms in total. The molecule has 1 aromatic heterocycles. The predicted molar refractivity (Wildman–Crippen MR) is 73.0 cm³/mol. The molecule has 0 saturated carbocycles. The minimum absolute atomic E-state index is 0.0955. The van der Waals surface area contributed by atoms with Crippen molar-refractivity contribution >= 4 is 23.5 Å². The fraction of sp³-hybridized carbons (Fsp3) is 0.0714. The van der Waals surface area contributed by atoms with Gasteiger partial charge in [-0.15, -0.1) is 0 Å². The molecule has 1 N–H and O–H groups in total. The van der Waals surface area contributed by atoms with E-state index in [0.717, 1.165) is 0 Å². The number of carbonyl (C=O) groups is 2. The van der Waals surface area contributed by atoms with Gasteiger partial charge in [0.2, 0.25) is 0 Å². The van der Waals surface area contributed by atoms with Gasteiger partial charge in [-0.05, 0) is 23.8 Å². The summed E-state index contributed by atoms with van der Waals surface area (Å²) < 4.78 is 4.63. The van der Waals surface area contributed by atoms with Crippen LogP contribution >= 0.6 is 11.6 Å². The minimum Gasteiger partial charge on any atom is -0.478 e. The number of pyridine rings is 1. The van der Waals surface area contributed by atoms with Crippen molar-refractivity contribution in [1.82, 2.24) is 4.98 Å². The van der Waals surface area contributed by atoms with Crippen LogP contribution in [0, 0.1) is 0 Å². The summed E-state index contributed by atoms with van der Waals surface area (Å²) in [4.78, 5) is 26.7. The molecule has 0 aliphatic carbocycles. The third-order valence-electron chi connectivity index (χ3n) is 2.73. The molecule has 6 heteroatoms. The summed E-state index contributed by atoms with van der Waals surface area (Å²) in [5, 5.41) is 9.40. The van der Waals surface area contributed by atoms with Crippen molar-refractivity contribution in [2.75, 3.05) is 7.11 Å². The summed E-state index contributed by atoms with van der Waals surface area (Å²) >= 11 is 5.93. The highest BCUT2D eigenvalue weighted by Crippen LogP contribution is 2.27. The number of esters is 1. The molecule has 0 amide bonds. The van der Waals surface area contributed by atoms with Crippen molar-refractivity contribution < 1.29 is 19.4 Å². The van der Waals surface area contributed by atoms with Gasteiger partial charge in [0.1, 0.15) is 0 Å². The second-order valence-electron chi connectivity index (χ2n) is 3.91. The van der Waals surface area contributed by atoms with Gasteiger partial charge < -0.3 is 9.84 Å². The Morgan fingerprint density at radius 3 is 2.65 bits per heavy atom. The summed E-state index contributed by atoms with van der Waals surface area (Å²) in [6.45, 7) is 0. The average molecular weight is 292 g/mol. The third kappa shape index (κ3) is 2.62. The number of carboxylic acids is 1. The highest BCUT2D eigenvalue weighted by atomic mass is 35.5. The minimum atomic E-state index is -1.07. The first kappa shape index (κ1) is 14.0.